The van der Waals surface area contributed by atoms with Crippen LogP contribution in [-0.2, 0) is 25.7 Å². The zero-order valence-electron chi connectivity index (χ0n) is 16.9. The van der Waals surface area contributed by atoms with E-state index in [1.54, 1.807) is 0 Å². The molecule has 5 rings (SSSR count). The Bertz CT molecular complexity index is 838. The average molecular weight is 377 g/mol. The minimum Gasteiger partial charge on any atom is -0.361 e. The number of hydrogen-bond acceptors (Lipinski definition) is 2. The van der Waals surface area contributed by atoms with Crippen LogP contribution in [0.25, 0.3) is 0 Å². The van der Waals surface area contributed by atoms with Gasteiger partial charge in [0.15, 0.2) is 5.78 Å². The minimum absolute atomic E-state index is 0.211. The van der Waals surface area contributed by atoms with Gasteiger partial charge in [-0.25, -0.2) is 0 Å². The van der Waals surface area contributed by atoms with Gasteiger partial charge in [-0.1, -0.05) is 43.2 Å². The molecule has 1 aromatic heterocycles. The summed E-state index contributed by atoms with van der Waals surface area (Å²) in [5.41, 5.74) is 6.56. The first-order chi connectivity index (χ1) is 13.8. The number of benzene rings is 1. The highest BCUT2D eigenvalue weighted by atomic mass is 16.1. The van der Waals surface area contributed by atoms with E-state index in [-0.39, 0.29) is 5.92 Å². The Morgan fingerprint density at radius 2 is 1.82 bits per heavy atom. The summed E-state index contributed by atoms with van der Waals surface area (Å²) in [4.78, 5) is 19.8. The summed E-state index contributed by atoms with van der Waals surface area (Å²) in [6, 6.07) is 10.7. The number of Topliss-reactive ketones (excluding diaryl/α,β-unsaturated/α-hetero) is 1. The minimum atomic E-state index is 0.211. The summed E-state index contributed by atoms with van der Waals surface area (Å²) < 4.78 is 0. The van der Waals surface area contributed by atoms with Gasteiger partial charge in [0.2, 0.25) is 0 Å². The van der Waals surface area contributed by atoms with Gasteiger partial charge < -0.3 is 9.88 Å². The third kappa shape index (κ3) is 3.45. The lowest BCUT2D eigenvalue weighted by molar-refractivity contribution is 0.0662. The number of aryl methyl sites for hydroxylation is 1. The quantitative estimate of drug-likeness (QED) is 0.850. The number of likely N-dealkylation sites (tertiary alicyclic amines) is 1. The fourth-order valence-electron chi connectivity index (χ4n) is 5.74. The Hall–Kier alpha value is -1.87. The molecule has 1 fully saturated rings. The standard InChI is InChI=1S/C25H32N2O/c28-25-21-17-27(14-12-18-8-4-3-5-9-18)15-13-19(21)16-23-24(25)20-10-6-1-2-7-11-22(20)26-23/h3-5,8-9,19,21,26H,1-2,6-7,10-17H2/t19-,21+/m0/s1. The van der Waals surface area contributed by atoms with Crippen molar-refractivity contribution < 1.29 is 4.79 Å². The van der Waals surface area contributed by atoms with Gasteiger partial charge in [0.1, 0.15) is 0 Å². The van der Waals surface area contributed by atoms with Crippen molar-refractivity contribution in [1.82, 2.24) is 9.88 Å². The van der Waals surface area contributed by atoms with Crippen molar-refractivity contribution in [1.29, 1.82) is 0 Å². The first-order valence-electron chi connectivity index (χ1n) is 11.3. The molecule has 0 spiro atoms. The number of carbonyl (C=O) groups is 1. The number of aromatic nitrogens is 1. The van der Waals surface area contributed by atoms with Gasteiger partial charge in [-0.3, -0.25) is 4.79 Å². The molecular formula is C25H32N2O. The zero-order valence-corrected chi connectivity index (χ0v) is 16.9. The average Bonchev–Trinajstić information content (AvgIpc) is 3.04. The maximum absolute atomic E-state index is 13.6. The number of nitrogens with zero attached hydrogens (tertiary/aromatic N) is 1. The van der Waals surface area contributed by atoms with Gasteiger partial charge in [0.05, 0.1) is 0 Å². The number of rotatable bonds is 3. The van der Waals surface area contributed by atoms with E-state index in [1.807, 2.05) is 0 Å². The van der Waals surface area contributed by atoms with Gasteiger partial charge in [0, 0.05) is 36.0 Å². The summed E-state index contributed by atoms with van der Waals surface area (Å²) >= 11 is 0. The molecule has 1 N–H and O–H groups in total. The molecule has 1 aromatic carbocycles. The molecule has 2 heterocycles. The number of H-pyrrole nitrogens is 1. The van der Waals surface area contributed by atoms with Crippen molar-refractivity contribution in [3.63, 3.8) is 0 Å². The highest BCUT2D eigenvalue weighted by Crippen LogP contribution is 2.39. The molecule has 0 radical (unpaired) electrons. The van der Waals surface area contributed by atoms with E-state index in [2.05, 4.69) is 40.2 Å². The number of fused-ring (bicyclic) bond motifs is 4. The van der Waals surface area contributed by atoms with E-state index in [0.29, 0.717) is 11.7 Å². The highest BCUT2D eigenvalue weighted by Gasteiger charge is 2.41. The fourth-order valence-corrected chi connectivity index (χ4v) is 5.74. The van der Waals surface area contributed by atoms with Crippen LogP contribution in [0.15, 0.2) is 30.3 Å². The lowest BCUT2D eigenvalue weighted by Crippen LogP contribution is -2.47. The van der Waals surface area contributed by atoms with Gasteiger partial charge in [-0.2, -0.15) is 0 Å². The number of ketones is 1. The second-order valence-electron chi connectivity index (χ2n) is 9.11. The molecule has 0 unspecified atom stereocenters. The first kappa shape index (κ1) is 18.2. The molecule has 0 saturated carbocycles. The second-order valence-corrected chi connectivity index (χ2v) is 9.11. The highest BCUT2D eigenvalue weighted by molar-refractivity contribution is 6.02. The van der Waals surface area contributed by atoms with Crippen molar-refractivity contribution in [2.24, 2.45) is 11.8 Å². The maximum Gasteiger partial charge on any atom is 0.169 e. The fraction of sp³-hybridized carbons (Fsp3) is 0.560. The van der Waals surface area contributed by atoms with Gasteiger partial charge in [-0.15, -0.1) is 0 Å². The second kappa shape index (κ2) is 7.87. The van der Waals surface area contributed by atoms with E-state index < -0.39 is 0 Å². The van der Waals surface area contributed by atoms with Crippen LogP contribution in [0.5, 0.6) is 0 Å². The molecule has 2 atom stereocenters. The molecule has 3 heteroatoms. The summed E-state index contributed by atoms with van der Waals surface area (Å²) in [7, 11) is 0. The number of hydrogen-bond donors (Lipinski definition) is 1. The van der Waals surface area contributed by atoms with Crippen LogP contribution in [0.2, 0.25) is 0 Å². The number of carbonyl (C=O) groups excluding carboxylic acids is 1. The zero-order chi connectivity index (χ0) is 18.9. The molecule has 148 valence electrons. The van der Waals surface area contributed by atoms with E-state index in [1.165, 1.54) is 48.2 Å². The van der Waals surface area contributed by atoms with Crippen LogP contribution in [0.1, 0.15) is 65.0 Å². The Kier molecular flexibility index (Phi) is 5.11. The molecule has 3 aliphatic rings. The lowest BCUT2D eigenvalue weighted by atomic mass is 9.72. The maximum atomic E-state index is 13.6. The predicted octanol–water partition coefficient (Wildman–Crippen LogP) is 4.59. The molecule has 2 aliphatic carbocycles. The normalized spacial score (nSPS) is 25.4. The van der Waals surface area contributed by atoms with E-state index in [9.17, 15) is 4.79 Å². The topological polar surface area (TPSA) is 36.1 Å². The van der Waals surface area contributed by atoms with Crippen LogP contribution >= 0.6 is 0 Å². The smallest absolute Gasteiger partial charge is 0.169 e. The molecule has 2 aromatic rings. The monoisotopic (exact) mass is 376 g/mol. The van der Waals surface area contributed by atoms with Crippen LogP contribution in [-0.4, -0.2) is 35.3 Å². The van der Waals surface area contributed by atoms with Gasteiger partial charge >= 0.3 is 0 Å². The summed E-state index contributed by atoms with van der Waals surface area (Å²) in [6.45, 7) is 3.16. The van der Waals surface area contributed by atoms with E-state index in [0.717, 1.165) is 57.3 Å². The largest absolute Gasteiger partial charge is 0.361 e. The third-order valence-corrected chi connectivity index (χ3v) is 7.32. The van der Waals surface area contributed by atoms with E-state index >= 15 is 0 Å². The van der Waals surface area contributed by atoms with E-state index in [4.69, 9.17) is 0 Å². The summed E-state index contributed by atoms with van der Waals surface area (Å²) in [5.74, 6) is 1.20. The third-order valence-electron chi connectivity index (χ3n) is 7.32. The van der Waals surface area contributed by atoms with Crippen molar-refractivity contribution in [3.05, 3.63) is 58.4 Å². The van der Waals surface area contributed by atoms with Crippen molar-refractivity contribution in [2.45, 2.75) is 57.8 Å². The molecule has 3 nitrogen and oxygen atoms in total. The Morgan fingerprint density at radius 1 is 1.00 bits per heavy atom. The molecular weight excluding hydrogens is 344 g/mol. The number of piperidine rings is 1. The van der Waals surface area contributed by atoms with Crippen LogP contribution in [0.4, 0.5) is 0 Å². The molecule has 1 aliphatic heterocycles. The van der Waals surface area contributed by atoms with Crippen LogP contribution in [0, 0.1) is 11.8 Å². The lowest BCUT2D eigenvalue weighted by Gasteiger charge is -2.40. The molecule has 1 saturated heterocycles. The van der Waals surface area contributed by atoms with Gasteiger partial charge in [0.25, 0.3) is 0 Å². The number of aromatic amines is 1. The summed E-state index contributed by atoms with van der Waals surface area (Å²) in [5, 5.41) is 0. The van der Waals surface area contributed by atoms with Gasteiger partial charge in [-0.05, 0) is 68.5 Å². The van der Waals surface area contributed by atoms with Crippen molar-refractivity contribution in [2.75, 3.05) is 19.6 Å². The molecule has 0 bridgehead atoms. The molecule has 0 amide bonds. The summed E-state index contributed by atoms with van der Waals surface area (Å²) in [6.07, 6.45) is 10.7. The SMILES string of the molecule is O=C1c2c([nH]c3c2CCCCCC3)C[C@@H]2CCN(CCc3ccccc3)C[C@@H]12. The van der Waals surface area contributed by atoms with Crippen LogP contribution < -0.4 is 0 Å². The number of nitrogens with one attached hydrogen (secondary N) is 1. The predicted molar refractivity (Wildman–Crippen MR) is 113 cm³/mol. The van der Waals surface area contributed by atoms with Crippen molar-refractivity contribution in [3.8, 4) is 0 Å². The Balaban J connectivity index is 1.32. The Morgan fingerprint density at radius 3 is 2.68 bits per heavy atom. The Labute approximate surface area is 168 Å². The first-order valence-corrected chi connectivity index (χ1v) is 11.3. The van der Waals surface area contributed by atoms with Crippen molar-refractivity contribution >= 4 is 5.78 Å². The van der Waals surface area contributed by atoms with Crippen LogP contribution in [0.3, 0.4) is 0 Å². The molecule has 28 heavy (non-hydrogen) atoms.